The van der Waals surface area contributed by atoms with Crippen molar-refractivity contribution in [1.82, 2.24) is 9.97 Å². The normalized spacial score (nSPS) is 9.33. The van der Waals surface area contributed by atoms with Crippen LogP contribution in [0, 0.1) is 0 Å². The van der Waals surface area contributed by atoms with Crippen molar-refractivity contribution in [3.63, 3.8) is 0 Å². The summed E-state index contributed by atoms with van der Waals surface area (Å²) in [5.41, 5.74) is -1.51. The van der Waals surface area contributed by atoms with Crippen LogP contribution in [0.3, 0.4) is 0 Å². The predicted molar refractivity (Wildman–Crippen MR) is 25.1 cm³/mol. The minimum absolute atomic E-state index is 0.237. The highest BCUT2D eigenvalue weighted by atomic mass is 16.5. The smallest absolute Gasteiger partial charge is 0.369 e. The number of hydrogen-bond donors (Lipinski definition) is 3. The summed E-state index contributed by atoms with van der Waals surface area (Å²) in [6.07, 6.45) is 0.848. The van der Waals surface area contributed by atoms with E-state index >= 15 is 0 Å². The Morgan fingerprint density at radius 3 is 2.67 bits per heavy atom. The summed E-state index contributed by atoms with van der Waals surface area (Å²) >= 11 is 0. The first-order valence-corrected chi connectivity index (χ1v) is 2.13. The summed E-state index contributed by atoms with van der Waals surface area (Å²) in [5.74, 6) is 0. The van der Waals surface area contributed by atoms with E-state index in [1.165, 1.54) is 0 Å². The number of aromatic nitrogens is 3. The molecule has 3 N–H and O–H groups in total. The van der Waals surface area contributed by atoms with Crippen LogP contribution >= 0.6 is 0 Å². The van der Waals surface area contributed by atoms with E-state index in [9.17, 15) is 9.59 Å². The molecule has 0 saturated carbocycles. The molecule has 1 heterocycles. The van der Waals surface area contributed by atoms with Crippen LogP contribution in [0.2, 0.25) is 0 Å². The second kappa shape index (κ2) is 1.73. The molecule has 6 nitrogen and oxygen atoms in total. The molecule has 0 amide bonds. The van der Waals surface area contributed by atoms with E-state index in [0.717, 1.165) is 6.33 Å². The third-order valence-electron chi connectivity index (χ3n) is 0.746. The van der Waals surface area contributed by atoms with Gasteiger partial charge in [0, 0.05) is 0 Å². The first kappa shape index (κ1) is 5.54. The van der Waals surface area contributed by atoms with Gasteiger partial charge in [0.05, 0.1) is 0 Å². The average molecular weight is 130 g/mol. The Labute approximate surface area is 48.4 Å². The average Bonchev–Trinajstić information content (AvgIpc) is 1.80. The van der Waals surface area contributed by atoms with Gasteiger partial charge in [-0.3, -0.25) is 0 Å². The van der Waals surface area contributed by atoms with E-state index in [1.807, 2.05) is 4.98 Å². The second-order valence-corrected chi connectivity index (χ2v) is 1.38. The standard InChI is InChI=1S/C3H3N3O3/c7-2-4-1-6(9)3(8)5-2/h1,9H,(H,5,7,8)/p+1. The van der Waals surface area contributed by atoms with Gasteiger partial charge >= 0.3 is 11.4 Å². The third-order valence-corrected chi connectivity index (χ3v) is 0.746. The van der Waals surface area contributed by atoms with Crippen LogP contribution in [0.5, 0.6) is 0 Å². The van der Waals surface area contributed by atoms with E-state index in [1.54, 1.807) is 4.98 Å². The molecule has 0 aliphatic rings. The summed E-state index contributed by atoms with van der Waals surface area (Å²) in [5, 5.41) is 8.45. The van der Waals surface area contributed by atoms with Crippen molar-refractivity contribution < 1.29 is 9.94 Å². The Kier molecular flexibility index (Phi) is 1.07. The molecule has 1 aromatic heterocycles. The Hall–Kier alpha value is -1.59. The molecule has 9 heavy (non-hydrogen) atoms. The minimum Gasteiger partial charge on any atom is -0.369 e. The lowest BCUT2D eigenvalue weighted by molar-refractivity contribution is -0.919. The highest BCUT2D eigenvalue weighted by Gasteiger charge is 1.97. The van der Waals surface area contributed by atoms with Gasteiger partial charge in [-0.25, -0.2) is 14.6 Å². The molecule has 0 bridgehead atoms. The number of hydrogen-bond acceptors (Lipinski definition) is 3. The zero-order chi connectivity index (χ0) is 6.85. The number of rotatable bonds is 0. The monoisotopic (exact) mass is 130 g/mol. The van der Waals surface area contributed by atoms with E-state index in [-0.39, 0.29) is 4.73 Å². The lowest BCUT2D eigenvalue weighted by Gasteiger charge is -1.79. The zero-order valence-electron chi connectivity index (χ0n) is 4.29. The summed E-state index contributed by atoms with van der Waals surface area (Å²) in [7, 11) is 0. The summed E-state index contributed by atoms with van der Waals surface area (Å²) in [6, 6.07) is 0. The van der Waals surface area contributed by atoms with Crippen molar-refractivity contribution >= 4 is 0 Å². The molecule has 48 valence electrons. The predicted octanol–water partition coefficient (Wildman–Crippen LogP) is -2.41. The molecule has 0 aliphatic carbocycles. The molecule has 0 aliphatic heterocycles. The Morgan fingerprint density at radius 1 is 1.56 bits per heavy atom. The first-order chi connectivity index (χ1) is 4.20. The lowest BCUT2D eigenvalue weighted by atomic mass is 11.0. The molecule has 6 heteroatoms. The van der Waals surface area contributed by atoms with Crippen LogP contribution in [0.15, 0.2) is 15.9 Å². The molecule has 1 aromatic rings. The molecule has 0 unspecified atom stereocenters. The molecule has 1 rings (SSSR count). The van der Waals surface area contributed by atoms with Gasteiger partial charge in [0.2, 0.25) is 6.33 Å². The zero-order valence-corrected chi connectivity index (χ0v) is 4.29. The van der Waals surface area contributed by atoms with Gasteiger partial charge in [0.25, 0.3) is 0 Å². The van der Waals surface area contributed by atoms with Gasteiger partial charge in [-0.1, -0.05) is 0 Å². The lowest BCUT2D eigenvalue weighted by Crippen LogP contribution is -2.52. The van der Waals surface area contributed by atoms with Gasteiger partial charge in [-0.05, 0) is 4.73 Å². The van der Waals surface area contributed by atoms with Crippen molar-refractivity contribution in [2.75, 3.05) is 0 Å². The van der Waals surface area contributed by atoms with Crippen molar-refractivity contribution in [3.8, 4) is 0 Å². The van der Waals surface area contributed by atoms with Crippen LogP contribution in [-0.2, 0) is 0 Å². The molecule has 0 atom stereocenters. The fraction of sp³-hybridized carbons (Fsp3) is 0. The molecular formula is C3H4N3O3+. The molecule has 0 fully saturated rings. The second-order valence-electron chi connectivity index (χ2n) is 1.38. The van der Waals surface area contributed by atoms with Gasteiger partial charge in [0.1, 0.15) is 0 Å². The topological polar surface area (TPSA) is 89.8 Å². The summed E-state index contributed by atoms with van der Waals surface area (Å²) in [6.45, 7) is 0. The SMILES string of the molecule is O=c1[nH]c[n+](O)c(=O)[nH]1. The van der Waals surface area contributed by atoms with E-state index in [2.05, 4.69) is 0 Å². The number of nitrogens with one attached hydrogen (secondary N) is 2. The molecule has 0 radical (unpaired) electrons. The summed E-state index contributed by atoms with van der Waals surface area (Å²) < 4.78 is 0.237. The first-order valence-electron chi connectivity index (χ1n) is 2.13. The van der Waals surface area contributed by atoms with Gasteiger partial charge in [-0.15, -0.1) is 0 Å². The van der Waals surface area contributed by atoms with E-state index in [4.69, 9.17) is 5.21 Å². The Balaban J connectivity index is 3.52. The van der Waals surface area contributed by atoms with Gasteiger partial charge in [0.15, 0.2) is 0 Å². The maximum atomic E-state index is 10.3. The van der Waals surface area contributed by atoms with Crippen LogP contribution in [0.1, 0.15) is 0 Å². The van der Waals surface area contributed by atoms with Gasteiger partial charge in [-0.2, -0.15) is 4.98 Å². The fourth-order valence-corrected chi connectivity index (χ4v) is 0.369. The van der Waals surface area contributed by atoms with Crippen molar-refractivity contribution in [2.24, 2.45) is 0 Å². The number of H-pyrrole nitrogens is 2. The fourth-order valence-electron chi connectivity index (χ4n) is 0.369. The maximum Gasteiger partial charge on any atom is 0.482 e. The maximum absolute atomic E-state index is 10.3. The van der Waals surface area contributed by atoms with Crippen molar-refractivity contribution in [2.45, 2.75) is 0 Å². The molecule has 0 saturated heterocycles. The highest BCUT2D eigenvalue weighted by molar-refractivity contribution is 4.49. The summed E-state index contributed by atoms with van der Waals surface area (Å²) in [4.78, 5) is 24.3. The number of aromatic amines is 2. The van der Waals surface area contributed by atoms with Crippen LogP contribution < -0.4 is 16.1 Å². The van der Waals surface area contributed by atoms with Gasteiger partial charge < -0.3 is 5.21 Å². The molecule has 0 aromatic carbocycles. The Bertz CT molecular complexity index is 311. The quantitative estimate of drug-likeness (QED) is 0.270. The number of nitrogens with zero attached hydrogens (tertiary/aromatic N) is 1. The minimum atomic E-state index is -0.862. The van der Waals surface area contributed by atoms with Crippen LogP contribution in [-0.4, -0.2) is 15.2 Å². The highest BCUT2D eigenvalue weighted by Crippen LogP contribution is 1.37. The Morgan fingerprint density at radius 2 is 2.22 bits per heavy atom. The van der Waals surface area contributed by atoms with Crippen LogP contribution in [0.4, 0.5) is 0 Å². The van der Waals surface area contributed by atoms with E-state index in [0.29, 0.717) is 0 Å². The van der Waals surface area contributed by atoms with E-state index < -0.39 is 11.4 Å². The van der Waals surface area contributed by atoms with Crippen molar-refractivity contribution in [3.05, 3.63) is 27.3 Å². The van der Waals surface area contributed by atoms with Crippen LogP contribution in [0.25, 0.3) is 0 Å². The molecular weight excluding hydrogens is 126 g/mol. The largest absolute Gasteiger partial charge is 0.482 e. The van der Waals surface area contributed by atoms with Crippen molar-refractivity contribution in [1.29, 1.82) is 0 Å². The third kappa shape index (κ3) is 0.958. The molecule has 0 spiro atoms.